The summed E-state index contributed by atoms with van der Waals surface area (Å²) in [6, 6.07) is 6.87. The summed E-state index contributed by atoms with van der Waals surface area (Å²) in [4.78, 5) is 35.9. The van der Waals surface area contributed by atoms with Crippen LogP contribution >= 0.6 is 23.4 Å². The molecule has 0 saturated heterocycles. The SMILES string of the molecule is CCOC(=O)C(=O)CC=C(Sc1ccc(Cl)cc1)C(=O)OCC. The highest BCUT2D eigenvalue weighted by molar-refractivity contribution is 8.04. The Balaban J connectivity index is 2.85. The number of hydrogen-bond acceptors (Lipinski definition) is 6. The first-order chi connectivity index (χ1) is 11.0. The summed E-state index contributed by atoms with van der Waals surface area (Å²) in [6.45, 7) is 3.63. The van der Waals surface area contributed by atoms with E-state index in [1.54, 1.807) is 38.1 Å². The summed E-state index contributed by atoms with van der Waals surface area (Å²) in [6.07, 6.45) is 1.14. The molecular formula is C16H17ClO5S. The van der Waals surface area contributed by atoms with Crippen LogP contribution in [0.3, 0.4) is 0 Å². The molecule has 7 heteroatoms. The van der Waals surface area contributed by atoms with Gasteiger partial charge in [0.25, 0.3) is 0 Å². The van der Waals surface area contributed by atoms with Crippen LogP contribution in [0.5, 0.6) is 0 Å². The Morgan fingerprint density at radius 1 is 1.04 bits per heavy atom. The number of ether oxygens (including phenoxy) is 2. The van der Waals surface area contributed by atoms with Crippen molar-refractivity contribution >= 4 is 41.1 Å². The monoisotopic (exact) mass is 356 g/mol. The number of carbonyl (C=O) groups is 3. The van der Waals surface area contributed by atoms with Gasteiger partial charge in [-0.3, -0.25) is 4.79 Å². The molecule has 0 spiro atoms. The van der Waals surface area contributed by atoms with Crippen LogP contribution in [0.4, 0.5) is 0 Å². The van der Waals surface area contributed by atoms with Gasteiger partial charge < -0.3 is 9.47 Å². The summed E-state index contributed by atoms with van der Waals surface area (Å²) in [5, 5.41) is 0.577. The number of esters is 2. The molecule has 0 radical (unpaired) electrons. The van der Waals surface area contributed by atoms with Gasteiger partial charge in [-0.1, -0.05) is 29.4 Å². The number of hydrogen-bond donors (Lipinski definition) is 0. The van der Waals surface area contributed by atoms with Crippen molar-refractivity contribution in [3.05, 3.63) is 40.3 Å². The average molecular weight is 357 g/mol. The molecule has 5 nitrogen and oxygen atoms in total. The van der Waals surface area contributed by atoms with Gasteiger partial charge in [-0.05, 0) is 38.1 Å². The van der Waals surface area contributed by atoms with Crippen molar-refractivity contribution in [2.75, 3.05) is 13.2 Å². The Kier molecular flexibility index (Phi) is 8.43. The van der Waals surface area contributed by atoms with Gasteiger partial charge in [0.05, 0.1) is 18.1 Å². The summed E-state index contributed by atoms with van der Waals surface area (Å²) < 4.78 is 9.58. The quantitative estimate of drug-likeness (QED) is 0.308. The van der Waals surface area contributed by atoms with Gasteiger partial charge >= 0.3 is 11.9 Å². The fourth-order valence-corrected chi connectivity index (χ4v) is 2.44. The van der Waals surface area contributed by atoms with Crippen molar-refractivity contribution in [2.24, 2.45) is 0 Å². The van der Waals surface area contributed by atoms with E-state index in [-0.39, 0.29) is 24.5 Å². The molecule has 0 saturated carbocycles. The number of carbonyl (C=O) groups excluding carboxylic acids is 3. The third-order valence-electron chi connectivity index (χ3n) is 2.49. The molecule has 1 rings (SSSR count). The number of allylic oxidation sites excluding steroid dienone is 1. The first-order valence-electron chi connectivity index (χ1n) is 6.98. The highest BCUT2D eigenvalue weighted by atomic mass is 35.5. The van der Waals surface area contributed by atoms with Crippen LogP contribution in [0.15, 0.2) is 40.1 Å². The van der Waals surface area contributed by atoms with Gasteiger partial charge in [0.15, 0.2) is 0 Å². The van der Waals surface area contributed by atoms with Crippen LogP contribution < -0.4 is 0 Å². The minimum Gasteiger partial charge on any atom is -0.462 e. The van der Waals surface area contributed by atoms with Crippen molar-refractivity contribution in [2.45, 2.75) is 25.2 Å². The second-order valence-electron chi connectivity index (χ2n) is 4.19. The molecule has 0 bridgehead atoms. The lowest BCUT2D eigenvalue weighted by atomic mass is 10.2. The van der Waals surface area contributed by atoms with Crippen LogP contribution in [0.1, 0.15) is 20.3 Å². The summed E-state index contributed by atoms with van der Waals surface area (Å²) in [5.41, 5.74) is 0. The minimum absolute atomic E-state index is 0.124. The maximum Gasteiger partial charge on any atom is 0.374 e. The van der Waals surface area contributed by atoms with E-state index in [0.717, 1.165) is 16.7 Å². The number of rotatable bonds is 8. The molecule has 0 fully saturated rings. The van der Waals surface area contributed by atoms with Crippen molar-refractivity contribution in [1.82, 2.24) is 0 Å². The van der Waals surface area contributed by atoms with E-state index >= 15 is 0 Å². The standard InChI is InChI=1S/C16H17ClO5S/c1-3-21-15(19)13(18)9-10-14(16(20)22-4-2)23-12-7-5-11(17)6-8-12/h5-8,10H,3-4,9H2,1-2H3. The predicted molar refractivity (Wildman–Crippen MR) is 88.3 cm³/mol. The van der Waals surface area contributed by atoms with E-state index in [9.17, 15) is 14.4 Å². The fourth-order valence-electron chi connectivity index (χ4n) is 1.48. The molecule has 0 unspecified atom stereocenters. The first kappa shape index (κ1) is 19.3. The Bertz CT molecular complexity index is 595. The summed E-state index contributed by atoms with van der Waals surface area (Å²) in [7, 11) is 0. The second kappa shape index (κ2) is 10.1. The Morgan fingerprint density at radius 2 is 1.61 bits per heavy atom. The van der Waals surface area contributed by atoms with Crippen molar-refractivity contribution < 1.29 is 23.9 Å². The van der Waals surface area contributed by atoms with Gasteiger partial charge in [0.1, 0.15) is 0 Å². The van der Waals surface area contributed by atoms with Gasteiger partial charge in [-0.2, -0.15) is 0 Å². The van der Waals surface area contributed by atoms with Crippen LogP contribution in [-0.4, -0.2) is 30.9 Å². The topological polar surface area (TPSA) is 69.7 Å². The van der Waals surface area contributed by atoms with E-state index in [1.807, 2.05) is 0 Å². The maximum atomic E-state index is 12.0. The zero-order valence-electron chi connectivity index (χ0n) is 12.8. The smallest absolute Gasteiger partial charge is 0.374 e. The molecule has 0 amide bonds. The summed E-state index contributed by atoms with van der Waals surface area (Å²) in [5.74, 6) is -2.18. The molecule has 1 aromatic carbocycles. The third kappa shape index (κ3) is 6.88. The third-order valence-corrected chi connectivity index (χ3v) is 3.81. The number of ketones is 1. The van der Waals surface area contributed by atoms with Gasteiger partial charge in [0.2, 0.25) is 5.78 Å². The Labute approximate surface area is 144 Å². The van der Waals surface area contributed by atoms with Crippen LogP contribution in [0, 0.1) is 0 Å². The molecule has 23 heavy (non-hydrogen) atoms. The lowest BCUT2D eigenvalue weighted by molar-refractivity contribution is -0.153. The first-order valence-corrected chi connectivity index (χ1v) is 8.18. The maximum absolute atomic E-state index is 12.0. The predicted octanol–water partition coefficient (Wildman–Crippen LogP) is 3.40. The number of Topliss-reactive ketones (excluding diaryl/α,β-unsaturated/α-hetero) is 1. The van der Waals surface area contributed by atoms with Crippen LogP contribution in [-0.2, 0) is 23.9 Å². The second-order valence-corrected chi connectivity index (χ2v) is 5.74. The van der Waals surface area contributed by atoms with Gasteiger partial charge in [-0.25, -0.2) is 9.59 Å². The lowest BCUT2D eigenvalue weighted by Gasteiger charge is -2.07. The molecular weight excluding hydrogens is 340 g/mol. The molecule has 0 N–H and O–H groups in total. The Morgan fingerprint density at radius 3 is 2.17 bits per heavy atom. The van der Waals surface area contributed by atoms with Gasteiger partial charge in [0, 0.05) is 16.3 Å². The highest BCUT2D eigenvalue weighted by Crippen LogP contribution is 2.29. The highest BCUT2D eigenvalue weighted by Gasteiger charge is 2.17. The largest absolute Gasteiger partial charge is 0.462 e. The van der Waals surface area contributed by atoms with E-state index in [4.69, 9.17) is 16.3 Å². The Hall–Kier alpha value is -1.79. The molecule has 1 aromatic rings. The van der Waals surface area contributed by atoms with E-state index in [0.29, 0.717) is 5.02 Å². The molecule has 0 atom stereocenters. The van der Waals surface area contributed by atoms with E-state index in [1.165, 1.54) is 6.08 Å². The lowest BCUT2D eigenvalue weighted by Crippen LogP contribution is -2.16. The zero-order valence-corrected chi connectivity index (χ0v) is 14.4. The zero-order chi connectivity index (χ0) is 17.2. The fraction of sp³-hybridized carbons (Fsp3) is 0.312. The number of benzene rings is 1. The van der Waals surface area contributed by atoms with E-state index < -0.39 is 17.7 Å². The molecule has 124 valence electrons. The van der Waals surface area contributed by atoms with Gasteiger partial charge in [-0.15, -0.1) is 0 Å². The van der Waals surface area contributed by atoms with Crippen LogP contribution in [0.2, 0.25) is 5.02 Å². The molecule has 0 aliphatic carbocycles. The number of thioether (sulfide) groups is 1. The van der Waals surface area contributed by atoms with Crippen molar-refractivity contribution in [3.63, 3.8) is 0 Å². The minimum atomic E-state index is -0.913. The number of halogens is 1. The molecule has 0 aliphatic rings. The van der Waals surface area contributed by atoms with Crippen molar-refractivity contribution in [3.8, 4) is 0 Å². The van der Waals surface area contributed by atoms with E-state index in [2.05, 4.69) is 4.74 Å². The molecule has 0 heterocycles. The molecule has 0 aromatic heterocycles. The average Bonchev–Trinajstić information content (AvgIpc) is 2.53. The normalized spacial score (nSPS) is 11.0. The molecule has 0 aliphatic heterocycles. The van der Waals surface area contributed by atoms with Crippen LogP contribution in [0.25, 0.3) is 0 Å². The summed E-state index contributed by atoms with van der Waals surface area (Å²) >= 11 is 6.95. The van der Waals surface area contributed by atoms with Crippen molar-refractivity contribution in [1.29, 1.82) is 0 Å².